The summed E-state index contributed by atoms with van der Waals surface area (Å²) in [4.78, 5) is 11.8. The normalized spacial score (nSPS) is 10.3. The van der Waals surface area contributed by atoms with E-state index in [4.69, 9.17) is 16.1 Å². The number of halogens is 2. The lowest BCUT2D eigenvalue weighted by Crippen LogP contribution is -2.11. The van der Waals surface area contributed by atoms with E-state index in [1.165, 1.54) is 0 Å². The molecule has 1 amide bonds. The smallest absolute Gasteiger partial charge is 0.294 e. The van der Waals surface area contributed by atoms with Crippen molar-refractivity contribution in [1.82, 2.24) is 5.16 Å². The van der Waals surface area contributed by atoms with Gasteiger partial charge in [0, 0.05) is 14.7 Å². The van der Waals surface area contributed by atoms with Crippen LogP contribution in [0.15, 0.2) is 28.8 Å². The first-order valence-corrected chi connectivity index (χ1v) is 6.21. The molecule has 0 aliphatic carbocycles. The molecule has 0 saturated heterocycles. The number of anilines is 1. The van der Waals surface area contributed by atoms with Crippen LogP contribution in [0.3, 0.4) is 0 Å². The highest BCUT2D eigenvalue weighted by atomic mass is 127. The molecule has 1 N–H and O–H groups in total. The number of hydrogen-bond donors (Lipinski definition) is 1. The predicted octanol–water partition coefficient (Wildman–Crippen LogP) is 3.49. The van der Waals surface area contributed by atoms with Crippen molar-refractivity contribution in [2.75, 3.05) is 5.32 Å². The fraction of sp³-hybridized carbons (Fsp3) is 0.0909. The molecule has 17 heavy (non-hydrogen) atoms. The minimum absolute atomic E-state index is 0.188. The fourth-order valence-corrected chi connectivity index (χ4v) is 2.25. The molecular weight excluding hydrogens is 354 g/mol. The third-order valence-corrected chi connectivity index (χ3v) is 3.16. The van der Waals surface area contributed by atoms with E-state index in [2.05, 4.69) is 33.1 Å². The highest BCUT2D eigenvalue weighted by Gasteiger charge is 2.13. The van der Waals surface area contributed by atoms with Crippen LogP contribution in [0.1, 0.15) is 16.2 Å². The Morgan fingerprint density at radius 2 is 2.24 bits per heavy atom. The Bertz CT molecular complexity index is 568. The van der Waals surface area contributed by atoms with Crippen molar-refractivity contribution < 1.29 is 9.32 Å². The van der Waals surface area contributed by atoms with E-state index in [9.17, 15) is 4.79 Å². The summed E-state index contributed by atoms with van der Waals surface area (Å²) in [5, 5.41) is 7.01. The summed E-state index contributed by atoms with van der Waals surface area (Å²) in [5.41, 5.74) is 1.36. The Kier molecular flexibility index (Phi) is 3.68. The molecule has 0 radical (unpaired) electrons. The first-order valence-electron chi connectivity index (χ1n) is 4.76. The first kappa shape index (κ1) is 12.4. The topological polar surface area (TPSA) is 55.1 Å². The molecule has 2 rings (SSSR count). The second-order valence-electron chi connectivity index (χ2n) is 3.41. The molecule has 0 spiro atoms. The molecule has 0 unspecified atom stereocenters. The number of hydrogen-bond acceptors (Lipinski definition) is 3. The van der Waals surface area contributed by atoms with Gasteiger partial charge in [0.2, 0.25) is 5.76 Å². The molecule has 0 saturated carbocycles. The molecule has 4 nitrogen and oxygen atoms in total. The van der Waals surface area contributed by atoms with Crippen LogP contribution in [-0.4, -0.2) is 11.1 Å². The molecule has 1 heterocycles. The van der Waals surface area contributed by atoms with Gasteiger partial charge < -0.3 is 9.84 Å². The first-order chi connectivity index (χ1) is 8.06. The van der Waals surface area contributed by atoms with Crippen molar-refractivity contribution in [3.63, 3.8) is 0 Å². The third kappa shape index (κ3) is 2.98. The summed E-state index contributed by atoms with van der Waals surface area (Å²) in [5.74, 6) is -0.140. The van der Waals surface area contributed by atoms with Gasteiger partial charge in [0.1, 0.15) is 0 Å². The van der Waals surface area contributed by atoms with Gasteiger partial charge in [-0.15, -0.1) is 0 Å². The van der Waals surface area contributed by atoms with E-state index in [1.807, 2.05) is 0 Å². The lowest BCUT2D eigenvalue weighted by Gasteiger charge is -2.05. The minimum Gasteiger partial charge on any atom is -0.351 e. The van der Waals surface area contributed by atoms with E-state index in [1.54, 1.807) is 31.2 Å². The second-order valence-corrected chi connectivity index (χ2v) is 5.01. The number of nitrogens with zero attached hydrogens (tertiary/aromatic N) is 1. The Morgan fingerprint density at radius 3 is 2.82 bits per heavy atom. The van der Waals surface area contributed by atoms with Crippen LogP contribution < -0.4 is 5.32 Å². The average Bonchev–Trinajstić information content (AvgIpc) is 2.69. The lowest BCUT2D eigenvalue weighted by molar-refractivity contribution is 0.0988. The Balaban J connectivity index is 2.18. The number of aromatic nitrogens is 1. The number of carbonyl (C=O) groups excluding carboxylic acids is 1. The van der Waals surface area contributed by atoms with Gasteiger partial charge in [-0.3, -0.25) is 4.79 Å². The Morgan fingerprint density at radius 1 is 1.47 bits per heavy atom. The van der Waals surface area contributed by atoms with Gasteiger partial charge in [0.25, 0.3) is 5.91 Å². The van der Waals surface area contributed by atoms with Gasteiger partial charge in [-0.1, -0.05) is 16.8 Å². The highest BCUT2D eigenvalue weighted by Crippen LogP contribution is 2.22. The van der Waals surface area contributed by atoms with Gasteiger partial charge in [-0.2, -0.15) is 0 Å². The zero-order chi connectivity index (χ0) is 12.4. The number of carbonyl (C=O) groups is 1. The molecule has 6 heteroatoms. The average molecular weight is 363 g/mol. The molecule has 1 aromatic heterocycles. The predicted molar refractivity (Wildman–Crippen MR) is 73.4 cm³/mol. The van der Waals surface area contributed by atoms with Crippen LogP contribution in [0.25, 0.3) is 0 Å². The maximum Gasteiger partial charge on any atom is 0.294 e. The second kappa shape index (κ2) is 5.05. The van der Waals surface area contributed by atoms with E-state index in [-0.39, 0.29) is 11.7 Å². The zero-order valence-corrected chi connectivity index (χ0v) is 11.7. The van der Waals surface area contributed by atoms with Gasteiger partial charge in [-0.25, -0.2) is 0 Å². The number of rotatable bonds is 2. The number of aryl methyl sites for hydroxylation is 1. The van der Waals surface area contributed by atoms with Crippen LogP contribution in [0.5, 0.6) is 0 Å². The molecule has 1 aromatic carbocycles. The van der Waals surface area contributed by atoms with E-state index in [0.29, 0.717) is 16.4 Å². The summed E-state index contributed by atoms with van der Waals surface area (Å²) >= 11 is 7.93. The van der Waals surface area contributed by atoms with Crippen molar-refractivity contribution in [2.45, 2.75) is 6.92 Å². The van der Waals surface area contributed by atoms with Crippen LogP contribution in [-0.2, 0) is 0 Å². The van der Waals surface area contributed by atoms with Crippen molar-refractivity contribution in [2.24, 2.45) is 0 Å². The van der Waals surface area contributed by atoms with Gasteiger partial charge in [-0.05, 0) is 47.7 Å². The van der Waals surface area contributed by atoms with Crippen molar-refractivity contribution in [3.8, 4) is 0 Å². The summed E-state index contributed by atoms with van der Waals surface area (Å²) < 4.78 is 5.73. The highest BCUT2D eigenvalue weighted by molar-refractivity contribution is 14.1. The van der Waals surface area contributed by atoms with E-state index < -0.39 is 0 Å². The largest absolute Gasteiger partial charge is 0.351 e. The molecule has 0 aliphatic heterocycles. The SMILES string of the molecule is Cc1cc(C(=O)Nc2ccc(Cl)cc2I)on1. The summed E-state index contributed by atoms with van der Waals surface area (Å²) in [6, 6.07) is 6.80. The number of benzene rings is 1. The van der Waals surface area contributed by atoms with Crippen LogP contribution in [0.4, 0.5) is 5.69 Å². The van der Waals surface area contributed by atoms with Gasteiger partial charge in [0.15, 0.2) is 0 Å². The maximum absolute atomic E-state index is 11.8. The molecule has 88 valence electrons. The van der Waals surface area contributed by atoms with Crippen molar-refractivity contribution in [3.05, 3.63) is 44.3 Å². The molecular formula is C11H8ClIN2O2. The van der Waals surface area contributed by atoms with E-state index >= 15 is 0 Å². The Labute approximate surface area is 116 Å². The monoisotopic (exact) mass is 362 g/mol. The van der Waals surface area contributed by atoms with Crippen molar-refractivity contribution in [1.29, 1.82) is 0 Å². The van der Waals surface area contributed by atoms with Crippen molar-refractivity contribution >= 4 is 45.8 Å². The quantitative estimate of drug-likeness (QED) is 0.832. The molecule has 0 atom stereocenters. The maximum atomic E-state index is 11.8. The van der Waals surface area contributed by atoms with Crippen LogP contribution in [0, 0.1) is 10.5 Å². The minimum atomic E-state index is -0.328. The van der Waals surface area contributed by atoms with Crippen LogP contribution >= 0.6 is 34.2 Å². The van der Waals surface area contributed by atoms with Gasteiger partial charge >= 0.3 is 0 Å². The molecule has 0 fully saturated rings. The summed E-state index contributed by atoms with van der Waals surface area (Å²) in [7, 11) is 0. The summed E-state index contributed by atoms with van der Waals surface area (Å²) in [6.07, 6.45) is 0. The standard InChI is InChI=1S/C11H8ClIN2O2/c1-6-4-10(17-15-6)11(16)14-9-3-2-7(12)5-8(9)13/h2-5H,1H3,(H,14,16). The fourth-order valence-electron chi connectivity index (χ4n) is 1.25. The van der Waals surface area contributed by atoms with Gasteiger partial charge in [0.05, 0.1) is 11.4 Å². The molecule has 2 aromatic rings. The number of nitrogens with one attached hydrogen (secondary N) is 1. The van der Waals surface area contributed by atoms with E-state index in [0.717, 1.165) is 3.57 Å². The molecule has 0 aliphatic rings. The third-order valence-electron chi connectivity index (χ3n) is 2.03. The lowest BCUT2D eigenvalue weighted by atomic mass is 10.3. The number of amides is 1. The molecule has 0 bridgehead atoms. The summed E-state index contributed by atoms with van der Waals surface area (Å²) in [6.45, 7) is 1.76. The zero-order valence-electron chi connectivity index (χ0n) is 8.83. The van der Waals surface area contributed by atoms with Crippen LogP contribution in [0.2, 0.25) is 5.02 Å². The Hall–Kier alpha value is -1.08.